The number of nitrogens with zero attached hydrogens (tertiary/aromatic N) is 2. The summed E-state index contributed by atoms with van der Waals surface area (Å²) in [6.45, 7) is 0. The van der Waals surface area contributed by atoms with Crippen LogP contribution in [0.3, 0.4) is 0 Å². The maximum Gasteiger partial charge on any atom is 0.325 e. The van der Waals surface area contributed by atoms with Gasteiger partial charge in [-0.25, -0.2) is 4.79 Å². The highest BCUT2D eigenvalue weighted by atomic mass is 16.6. The van der Waals surface area contributed by atoms with Crippen molar-refractivity contribution in [3.63, 3.8) is 0 Å². The minimum absolute atomic E-state index is 0.0309. The highest BCUT2D eigenvalue weighted by Crippen LogP contribution is 2.14. The van der Waals surface area contributed by atoms with Crippen LogP contribution in [0.4, 0.5) is 11.4 Å². The molecule has 0 fully saturated rings. The average molecular weight is 275 g/mol. The molecule has 0 saturated heterocycles. The van der Waals surface area contributed by atoms with E-state index in [1.165, 1.54) is 36.7 Å². The maximum absolute atomic E-state index is 11.3. The second kappa shape index (κ2) is 5.61. The summed E-state index contributed by atoms with van der Waals surface area (Å²) < 4.78 is 0. The Morgan fingerprint density at radius 2 is 1.95 bits per heavy atom. The number of hydrogen-bond acceptors (Lipinski definition) is 6. The SMILES string of the molecule is O=c1[nH]cc(/C=N/Nc2ccc([N+](=O)[O-])cc2)c(=O)[nH]1. The minimum atomic E-state index is -0.601. The molecule has 0 amide bonds. The Bertz CT molecular complexity index is 759. The number of benzene rings is 1. The molecule has 1 aromatic heterocycles. The van der Waals surface area contributed by atoms with Crippen molar-refractivity contribution in [3.05, 3.63) is 67.0 Å². The van der Waals surface area contributed by atoms with Gasteiger partial charge in [0.15, 0.2) is 0 Å². The summed E-state index contributed by atoms with van der Waals surface area (Å²) in [5.41, 5.74) is 2.09. The molecule has 1 aromatic carbocycles. The molecule has 0 radical (unpaired) electrons. The van der Waals surface area contributed by atoms with E-state index in [9.17, 15) is 19.7 Å². The number of hydrazone groups is 1. The van der Waals surface area contributed by atoms with Gasteiger partial charge in [-0.05, 0) is 12.1 Å². The largest absolute Gasteiger partial charge is 0.325 e. The van der Waals surface area contributed by atoms with Crippen molar-refractivity contribution in [1.82, 2.24) is 9.97 Å². The fourth-order valence-corrected chi connectivity index (χ4v) is 1.35. The van der Waals surface area contributed by atoms with Crippen LogP contribution in [0.2, 0.25) is 0 Å². The van der Waals surface area contributed by atoms with Gasteiger partial charge in [-0.3, -0.25) is 25.3 Å². The first-order valence-corrected chi connectivity index (χ1v) is 5.42. The lowest BCUT2D eigenvalue weighted by Gasteiger charge is -1.98. The van der Waals surface area contributed by atoms with Gasteiger partial charge in [0.1, 0.15) is 0 Å². The van der Waals surface area contributed by atoms with Gasteiger partial charge < -0.3 is 4.98 Å². The van der Waals surface area contributed by atoms with Gasteiger partial charge in [-0.15, -0.1) is 0 Å². The zero-order chi connectivity index (χ0) is 14.5. The summed E-state index contributed by atoms with van der Waals surface area (Å²) >= 11 is 0. The minimum Gasteiger partial charge on any atom is -0.313 e. The van der Waals surface area contributed by atoms with Gasteiger partial charge in [-0.1, -0.05) is 0 Å². The molecular weight excluding hydrogens is 266 g/mol. The van der Waals surface area contributed by atoms with Crippen LogP contribution in [0.15, 0.2) is 45.2 Å². The fourth-order valence-electron chi connectivity index (χ4n) is 1.35. The van der Waals surface area contributed by atoms with Crippen molar-refractivity contribution in [2.24, 2.45) is 5.10 Å². The lowest BCUT2D eigenvalue weighted by Crippen LogP contribution is -2.24. The molecule has 0 aliphatic carbocycles. The molecule has 9 nitrogen and oxygen atoms in total. The van der Waals surface area contributed by atoms with E-state index in [-0.39, 0.29) is 11.3 Å². The molecule has 20 heavy (non-hydrogen) atoms. The summed E-state index contributed by atoms with van der Waals surface area (Å²) in [5.74, 6) is 0. The van der Waals surface area contributed by atoms with Gasteiger partial charge in [0.2, 0.25) is 0 Å². The van der Waals surface area contributed by atoms with Gasteiger partial charge in [0.25, 0.3) is 11.2 Å². The second-order valence-corrected chi connectivity index (χ2v) is 3.70. The number of hydrogen-bond donors (Lipinski definition) is 3. The fraction of sp³-hybridized carbons (Fsp3) is 0. The van der Waals surface area contributed by atoms with E-state index < -0.39 is 16.2 Å². The van der Waals surface area contributed by atoms with Crippen molar-refractivity contribution in [2.75, 3.05) is 5.43 Å². The average Bonchev–Trinajstić information content (AvgIpc) is 2.42. The van der Waals surface area contributed by atoms with E-state index in [2.05, 4.69) is 15.5 Å². The molecule has 0 unspecified atom stereocenters. The van der Waals surface area contributed by atoms with E-state index in [0.29, 0.717) is 5.69 Å². The highest BCUT2D eigenvalue weighted by Gasteiger charge is 2.03. The Hall–Kier alpha value is -3.23. The molecule has 0 aliphatic rings. The summed E-state index contributed by atoms with van der Waals surface area (Å²) in [7, 11) is 0. The molecule has 1 heterocycles. The third-order valence-electron chi connectivity index (χ3n) is 2.32. The number of non-ortho nitro benzene ring substituents is 1. The number of nitro benzene ring substituents is 1. The van der Waals surface area contributed by atoms with E-state index in [0.717, 1.165) is 0 Å². The quantitative estimate of drug-likeness (QED) is 0.422. The monoisotopic (exact) mass is 275 g/mol. The first-order chi connectivity index (χ1) is 9.56. The van der Waals surface area contributed by atoms with Crippen molar-refractivity contribution in [2.45, 2.75) is 0 Å². The molecule has 0 atom stereocenters. The Morgan fingerprint density at radius 1 is 1.25 bits per heavy atom. The molecule has 0 aliphatic heterocycles. The molecule has 9 heteroatoms. The molecular formula is C11H9N5O4. The molecule has 3 N–H and O–H groups in total. The van der Waals surface area contributed by atoms with Crippen LogP contribution in [0.1, 0.15) is 5.56 Å². The van der Waals surface area contributed by atoms with Crippen LogP contribution >= 0.6 is 0 Å². The van der Waals surface area contributed by atoms with Crippen LogP contribution < -0.4 is 16.7 Å². The summed E-state index contributed by atoms with van der Waals surface area (Å²) in [6, 6.07) is 5.61. The predicted octanol–water partition coefficient (Wildman–Crippen LogP) is 0.417. The maximum atomic E-state index is 11.3. The molecule has 2 rings (SSSR count). The Labute approximate surface area is 111 Å². The molecule has 102 valence electrons. The van der Waals surface area contributed by atoms with Crippen molar-refractivity contribution < 1.29 is 4.92 Å². The van der Waals surface area contributed by atoms with Crippen molar-refractivity contribution in [1.29, 1.82) is 0 Å². The van der Waals surface area contributed by atoms with E-state index in [4.69, 9.17) is 0 Å². The summed E-state index contributed by atoms with van der Waals surface area (Å²) in [5, 5.41) is 14.3. The van der Waals surface area contributed by atoms with Crippen LogP contribution in [0, 0.1) is 10.1 Å². The normalized spacial score (nSPS) is 10.6. The summed E-state index contributed by atoms with van der Waals surface area (Å²) in [4.78, 5) is 36.4. The number of rotatable bonds is 4. The number of nitrogens with one attached hydrogen (secondary N) is 3. The first kappa shape index (κ1) is 13.2. The topological polar surface area (TPSA) is 133 Å². The number of H-pyrrole nitrogens is 2. The van der Waals surface area contributed by atoms with E-state index in [1.54, 1.807) is 0 Å². The van der Waals surface area contributed by atoms with Crippen LogP contribution in [0.5, 0.6) is 0 Å². The number of nitro groups is 1. The molecule has 2 aromatic rings. The molecule has 0 saturated carbocycles. The number of aromatic nitrogens is 2. The first-order valence-electron chi connectivity index (χ1n) is 5.42. The van der Waals surface area contributed by atoms with E-state index in [1.807, 2.05) is 4.98 Å². The number of aromatic amines is 2. The Morgan fingerprint density at radius 3 is 2.55 bits per heavy atom. The lowest BCUT2D eigenvalue weighted by atomic mass is 10.3. The lowest BCUT2D eigenvalue weighted by molar-refractivity contribution is -0.384. The Kier molecular flexibility index (Phi) is 3.70. The van der Waals surface area contributed by atoms with Gasteiger partial charge in [-0.2, -0.15) is 5.10 Å². The molecule has 0 bridgehead atoms. The zero-order valence-electron chi connectivity index (χ0n) is 9.99. The van der Waals surface area contributed by atoms with E-state index >= 15 is 0 Å². The highest BCUT2D eigenvalue weighted by molar-refractivity contribution is 5.79. The second-order valence-electron chi connectivity index (χ2n) is 3.70. The van der Waals surface area contributed by atoms with Gasteiger partial charge in [0.05, 0.1) is 22.4 Å². The van der Waals surface area contributed by atoms with Gasteiger partial charge >= 0.3 is 5.69 Å². The molecule has 0 spiro atoms. The summed E-state index contributed by atoms with van der Waals surface area (Å²) in [6.07, 6.45) is 2.44. The van der Waals surface area contributed by atoms with Crippen LogP contribution in [-0.2, 0) is 0 Å². The van der Waals surface area contributed by atoms with Crippen molar-refractivity contribution >= 4 is 17.6 Å². The smallest absolute Gasteiger partial charge is 0.313 e. The number of anilines is 1. The Balaban J connectivity index is 2.08. The third kappa shape index (κ3) is 3.16. The predicted molar refractivity (Wildman–Crippen MR) is 72.0 cm³/mol. The van der Waals surface area contributed by atoms with Crippen LogP contribution in [-0.4, -0.2) is 21.1 Å². The van der Waals surface area contributed by atoms with Crippen molar-refractivity contribution in [3.8, 4) is 0 Å². The zero-order valence-corrected chi connectivity index (χ0v) is 9.99. The third-order valence-corrected chi connectivity index (χ3v) is 2.32. The van der Waals surface area contributed by atoms with Gasteiger partial charge in [0, 0.05) is 18.3 Å². The van der Waals surface area contributed by atoms with Crippen LogP contribution in [0.25, 0.3) is 0 Å². The standard InChI is InChI=1S/C11H9N5O4/c17-10-7(5-12-11(18)14-10)6-13-15-8-1-3-9(4-2-8)16(19)20/h1-6,15H,(H2,12,14,17,18)/b13-6+.